The molecule has 0 unspecified atom stereocenters. The van der Waals surface area contributed by atoms with Crippen LogP contribution in [0.4, 0.5) is 9.59 Å². The minimum Gasteiger partial charge on any atom is -0.489 e. The molecular weight excluding hydrogens is 644 g/mol. The summed E-state index contributed by atoms with van der Waals surface area (Å²) in [4.78, 5) is 50.0. The maximum absolute atomic E-state index is 12.6. The van der Waals surface area contributed by atoms with Crippen molar-refractivity contribution < 1.29 is 47.6 Å². The summed E-state index contributed by atoms with van der Waals surface area (Å²) in [5, 5.41) is 5.17. The molecule has 2 N–H and O–H groups in total. The monoisotopic (exact) mass is 692 g/mol. The summed E-state index contributed by atoms with van der Waals surface area (Å²) in [5.41, 5.74) is 1.40. The van der Waals surface area contributed by atoms with Gasteiger partial charge in [0.25, 0.3) is 0 Å². The van der Waals surface area contributed by atoms with Crippen molar-refractivity contribution in [3.05, 3.63) is 95.1 Å². The highest BCUT2D eigenvalue weighted by Gasteiger charge is 2.28. The Morgan fingerprint density at radius 3 is 1.26 bits per heavy atom. The molecule has 270 valence electrons. The number of amides is 2. The van der Waals surface area contributed by atoms with E-state index in [1.807, 2.05) is 24.3 Å². The van der Waals surface area contributed by atoms with E-state index in [-0.39, 0.29) is 26.4 Å². The van der Waals surface area contributed by atoms with Gasteiger partial charge in [-0.05, 0) is 108 Å². The standard InChI is InChI=1S/C38H48N2O10/c1-9-45-33(41)31(39-35(43)49-37(3,4)5)27-14-18-29(19-15-27)47-23-25-12-11-13-26(22-25)24-48-30-20-16-28(17-21-30)32(34(42)46-10-2)40-36(44)50-38(6,7)8/h11-22,31-32H,9-10,23-24H2,1-8H3,(H,39,43)(H,40,44)/t31-,32-/m1/s1. The van der Waals surface area contributed by atoms with Gasteiger partial charge in [-0.1, -0.05) is 42.5 Å². The minimum absolute atomic E-state index is 0.162. The van der Waals surface area contributed by atoms with E-state index in [2.05, 4.69) is 10.6 Å². The fourth-order valence-corrected chi connectivity index (χ4v) is 4.51. The first kappa shape index (κ1) is 39.2. The van der Waals surface area contributed by atoms with E-state index in [1.165, 1.54) is 0 Å². The number of hydrogen-bond donors (Lipinski definition) is 2. The van der Waals surface area contributed by atoms with Crippen molar-refractivity contribution >= 4 is 24.1 Å². The number of nitrogens with one attached hydrogen (secondary N) is 2. The molecule has 0 aliphatic rings. The maximum Gasteiger partial charge on any atom is 0.408 e. The summed E-state index contributed by atoms with van der Waals surface area (Å²) >= 11 is 0. The lowest BCUT2D eigenvalue weighted by atomic mass is 10.1. The van der Waals surface area contributed by atoms with Crippen molar-refractivity contribution in [1.82, 2.24) is 10.6 Å². The van der Waals surface area contributed by atoms with Crippen molar-refractivity contribution in [2.75, 3.05) is 13.2 Å². The third-order valence-electron chi connectivity index (χ3n) is 6.60. The summed E-state index contributed by atoms with van der Waals surface area (Å²) in [5.74, 6) is -0.0635. The molecule has 0 aliphatic heterocycles. The van der Waals surface area contributed by atoms with Gasteiger partial charge in [-0.15, -0.1) is 0 Å². The second-order valence-corrected chi connectivity index (χ2v) is 13.2. The Kier molecular flexibility index (Phi) is 14.1. The first-order valence-electron chi connectivity index (χ1n) is 16.4. The molecule has 0 fully saturated rings. The van der Waals surface area contributed by atoms with E-state index in [0.717, 1.165) is 11.1 Å². The smallest absolute Gasteiger partial charge is 0.408 e. The molecule has 2 amide bonds. The number of carbonyl (C=O) groups is 4. The van der Waals surface area contributed by atoms with Crippen molar-refractivity contribution in [2.45, 2.75) is 91.9 Å². The SMILES string of the molecule is CCOC(=O)[C@H](NC(=O)OC(C)(C)C)c1ccc(OCc2cccc(COc3ccc([C@@H](NC(=O)OC(C)(C)C)C(=O)OCC)cc3)c2)cc1. The zero-order chi connectivity index (χ0) is 36.9. The van der Waals surface area contributed by atoms with Gasteiger partial charge in [0, 0.05) is 0 Å². The Labute approximate surface area is 293 Å². The van der Waals surface area contributed by atoms with Crippen LogP contribution in [0.2, 0.25) is 0 Å². The molecule has 3 aromatic rings. The fraction of sp³-hybridized carbons (Fsp3) is 0.421. The van der Waals surface area contributed by atoms with Gasteiger partial charge in [0.05, 0.1) is 13.2 Å². The summed E-state index contributed by atoms with van der Waals surface area (Å²) in [6, 6.07) is 19.2. The minimum atomic E-state index is -1.04. The third kappa shape index (κ3) is 13.3. The van der Waals surface area contributed by atoms with Crippen LogP contribution in [0, 0.1) is 0 Å². The molecule has 0 bridgehead atoms. The van der Waals surface area contributed by atoms with Crippen LogP contribution in [0.25, 0.3) is 0 Å². The van der Waals surface area contributed by atoms with Gasteiger partial charge in [-0.3, -0.25) is 0 Å². The number of ether oxygens (including phenoxy) is 6. The number of carbonyl (C=O) groups excluding carboxylic acids is 4. The predicted molar refractivity (Wildman–Crippen MR) is 185 cm³/mol. The van der Waals surface area contributed by atoms with E-state index in [1.54, 1.807) is 104 Å². The molecule has 0 spiro atoms. The molecule has 0 saturated heterocycles. The first-order chi connectivity index (χ1) is 23.6. The molecule has 0 radical (unpaired) electrons. The molecule has 3 aromatic carbocycles. The highest BCUT2D eigenvalue weighted by Crippen LogP contribution is 2.23. The lowest BCUT2D eigenvalue weighted by Crippen LogP contribution is -2.38. The lowest BCUT2D eigenvalue weighted by Gasteiger charge is -2.23. The maximum atomic E-state index is 12.6. The van der Waals surface area contributed by atoms with Crippen LogP contribution in [0.15, 0.2) is 72.8 Å². The summed E-state index contributed by atoms with van der Waals surface area (Å²) < 4.78 is 32.9. The highest BCUT2D eigenvalue weighted by atomic mass is 16.6. The van der Waals surface area contributed by atoms with Crippen LogP contribution in [0.5, 0.6) is 11.5 Å². The molecule has 3 rings (SSSR count). The molecule has 0 saturated carbocycles. The fourth-order valence-electron chi connectivity index (χ4n) is 4.51. The normalized spacial score (nSPS) is 12.5. The van der Waals surface area contributed by atoms with Gasteiger partial charge in [0.15, 0.2) is 12.1 Å². The van der Waals surface area contributed by atoms with Crippen LogP contribution < -0.4 is 20.1 Å². The highest BCUT2D eigenvalue weighted by molar-refractivity contribution is 5.83. The average Bonchev–Trinajstić information content (AvgIpc) is 3.03. The van der Waals surface area contributed by atoms with Gasteiger partial charge < -0.3 is 39.1 Å². The molecule has 2 atom stereocenters. The zero-order valence-corrected chi connectivity index (χ0v) is 30.0. The van der Waals surface area contributed by atoms with Crippen LogP contribution in [0.3, 0.4) is 0 Å². The Morgan fingerprint density at radius 2 is 0.940 bits per heavy atom. The van der Waals surface area contributed by atoms with Crippen LogP contribution >= 0.6 is 0 Å². The Bertz CT molecular complexity index is 1460. The van der Waals surface area contributed by atoms with Crippen LogP contribution in [0.1, 0.15) is 89.7 Å². The first-order valence-corrected chi connectivity index (χ1v) is 16.4. The molecule has 0 heterocycles. The van der Waals surface area contributed by atoms with Crippen molar-refractivity contribution in [3.63, 3.8) is 0 Å². The number of hydrogen-bond acceptors (Lipinski definition) is 10. The van der Waals surface area contributed by atoms with E-state index >= 15 is 0 Å². The Morgan fingerprint density at radius 1 is 0.580 bits per heavy atom. The zero-order valence-electron chi connectivity index (χ0n) is 30.0. The number of benzene rings is 3. The quantitative estimate of drug-likeness (QED) is 0.132. The van der Waals surface area contributed by atoms with Crippen molar-refractivity contribution in [3.8, 4) is 11.5 Å². The molecule has 50 heavy (non-hydrogen) atoms. The van der Waals surface area contributed by atoms with Crippen molar-refractivity contribution in [2.24, 2.45) is 0 Å². The average molecular weight is 693 g/mol. The van der Waals surface area contributed by atoms with E-state index in [9.17, 15) is 19.2 Å². The van der Waals surface area contributed by atoms with Gasteiger partial charge in [-0.2, -0.15) is 0 Å². The molecular formula is C38H48N2O10. The number of rotatable bonds is 14. The summed E-state index contributed by atoms with van der Waals surface area (Å²) in [6.45, 7) is 14.7. The van der Waals surface area contributed by atoms with E-state index in [0.29, 0.717) is 22.6 Å². The van der Waals surface area contributed by atoms with Gasteiger partial charge in [0.1, 0.15) is 35.9 Å². The topological polar surface area (TPSA) is 148 Å². The Balaban J connectivity index is 1.60. The number of alkyl carbamates (subject to hydrolysis) is 2. The summed E-state index contributed by atoms with van der Waals surface area (Å²) in [6.07, 6.45) is -1.46. The van der Waals surface area contributed by atoms with Crippen molar-refractivity contribution in [1.29, 1.82) is 0 Å². The van der Waals surface area contributed by atoms with Gasteiger partial charge in [0.2, 0.25) is 0 Å². The largest absolute Gasteiger partial charge is 0.489 e. The predicted octanol–water partition coefficient (Wildman–Crippen LogP) is 7.10. The molecule has 0 aromatic heterocycles. The second-order valence-electron chi connectivity index (χ2n) is 13.2. The number of esters is 2. The van der Waals surface area contributed by atoms with Gasteiger partial charge in [-0.25, -0.2) is 19.2 Å². The van der Waals surface area contributed by atoms with Crippen LogP contribution in [-0.4, -0.2) is 48.5 Å². The van der Waals surface area contributed by atoms with E-state index < -0.39 is 47.4 Å². The molecule has 12 nitrogen and oxygen atoms in total. The lowest BCUT2D eigenvalue weighted by molar-refractivity contribution is -0.146. The summed E-state index contributed by atoms with van der Waals surface area (Å²) in [7, 11) is 0. The Hall–Kier alpha value is -5.26. The molecule has 0 aliphatic carbocycles. The van der Waals surface area contributed by atoms with E-state index in [4.69, 9.17) is 28.4 Å². The molecule has 12 heteroatoms. The second kappa shape index (κ2) is 17.9. The third-order valence-corrected chi connectivity index (χ3v) is 6.60. The van der Waals surface area contributed by atoms with Gasteiger partial charge >= 0.3 is 24.1 Å². The van der Waals surface area contributed by atoms with Crippen LogP contribution in [-0.2, 0) is 41.8 Å².